The summed E-state index contributed by atoms with van der Waals surface area (Å²) in [6, 6.07) is 11.2. The summed E-state index contributed by atoms with van der Waals surface area (Å²) in [6.07, 6.45) is 2.23. The molecule has 0 fully saturated rings. The first-order valence-corrected chi connectivity index (χ1v) is 8.48. The summed E-state index contributed by atoms with van der Waals surface area (Å²) < 4.78 is 15.8. The van der Waals surface area contributed by atoms with E-state index in [0.717, 1.165) is 11.3 Å². The van der Waals surface area contributed by atoms with Crippen LogP contribution in [0.1, 0.15) is 24.8 Å². The van der Waals surface area contributed by atoms with Crippen LogP contribution in [0.4, 0.5) is 0 Å². The standard InChI is InChI=1S/C19H21N3O4/c1-3-24-15-8-6-14(7-9-15)13-22(2)18(23)11-10-17-20-19(21-26-17)16-5-4-12-25-16/h4-9,12H,3,10-11,13H2,1-2H3. The number of aromatic nitrogens is 2. The van der Waals surface area contributed by atoms with E-state index in [4.69, 9.17) is 13.7 Å². The van der Waals surface area contributed by atoms with Crippen molar-refractivity contribution in [1.29, 1.82) is 0 Å². The number of carbonyl (C=O) groups excluding carboxylic acids is 1. The molecule has 0 radical (unpaired) electrons. The van der Waals surface area contributed by atoms with Gasteiger partial charge in [0.05, 0.1) is 12.9 Å². The highest BCUT2D eigenvalue weighted by Gasteiger charge is 2.14. The molecule has 136 valence electrons. The Bertz CT molecular complexity index is 825. The molecule has 0 unspecified atom stereocenters. The summed E-state index contributed by atoms with van der Waals surface area (Å²) in [4.78, 5) is 18.2. The second-order valence-electron chi connectivity index (χ2n) is 5.82. The Morgan fingerprint density at radius 1 is 1.23 bits per heavy atom. The maximum atomic E-state index is 12.3. The summed E-state index contributed by atoms with van der Waals surface area (Å²) in [5, 5.41) is 3.86. The van der Waals surface area contributed by atoms with Gasteiger partial charge >= 0.3 is 0 Å². The van der Waals surface area contributed by atoms with E-state index in [1.54, 1.807) is 30.3 Å². The number of furan rings is 1. The highest BCUT2D eigenvalue weighted by molar-refractivity contribution is 5.76. The number of aryl methyl sites for hydroxylation is 1. The molecule has 1 aromatic carbocycles. The molecule has 0 saturated carbocycles. The largest absolute Gasteiger partial charge is 0.494 e. The fourth-order valence-corrected chi connectivity index (χ4v) is 2.49. The molecule has 0 N–H and O–H groups in total. The number of amides is 1. The molecular weight excluding hydrogens is 334 g/mol. The van der Waals surface area contributed by atoms with E-state index >= 15 is 0 Å². The number of hydrogen-bond donors (Lipinski definition) is 0. The summed E-state index contributed by atoms with van der Waals surface area (Å²) in [5.74, 6) is 2.18. The van der Waals surface area contributed by atoms with Gasteiger partial charge in [0.1, 0.15) is 5.75 Å². The maximum absolute atomic E-state index is 12.3. The predicted octanol–water partition coefficient (Wildman–Crippen LogP) is 3.32. The van der Waals surface area contributed by atoms with Crippen molar-refractivity contribution in [3.63, 3.8) is 0 Å². The second kappa shape index (κ2) is 8.33. The van der Waals surface area contributed by atoms with Gasteiger partial charge in [-0.1, -0.05) is 17.3 Å². The molecule has 0 aliphatic heterocycles. The van der Waals surface area contributed by atoms with Gasteiger partial charge in [-0.25, -0.2) is 0 Å². The average Bonchev–Trinajstić information content (AvgIpc) is 3.33. The lowest BCUT2D eigenvalue weighted by Gasteiger charge is -2.17. The van der Waals surface area contributed by atoms with E-state index in [1.807, 2.05) is 31.2 Å². The average molecular weight is 355 g/mol. The lowest BCUT2D eigenvalue weighted by atomic mass is 10.2. The quantitative estimate of drug-likeness (QED) is 0.616. The molecular formula is C19H21N3O4. The minimum atomic E-state index is 0.0108. The van der Waals surface area contributed by atoms with Gasteiger partial charge < -0.3 is 18.6 Å². The van der Waals surface area contributed by atoms with E-state index in [0.29, 0.717) is 43.5 Å². The van der Waals surface area contributed by atoms with Crippen molar-refractivity contribution in [2.24, 2.45) is 0 Å². The number of rotatable bonds is 8. The molecule has 2 aromatic heterocycles. The van der Waals surface area contributed by atoms with Crippen molar-refractivity contribution in [3.05, 3.63) is 54.1 Å². The zero-order chi connectivity index (χ0) is 18.4. The van der Waals surface area contributed by atoms with Crippen LogP contribution < -0.4 is 4.74 Å². The Morgan fingerprint density at radius 2 is 2.04 bits per heavy atom. The Morgan fingerprint density at radius 3 is 2.73 bits per heavy atom. The minimum Gasteiger partial charge on any atom is -0.494 e. The van der Waals surface area contributed by atoms with Gasteiger partial charge in [-0.05, 0) is 36.8 Å². The molecule has 7 heteroatoms. The fraction of sp³-hybridized carbons (Fsp3) is 0.316. The Labute approximate surface area is 151 Å². The van der Waals surface area contributed by atoms with Crippen LogP contribution in [0, 0.1) is 0 Å². The highest BCUT2D eigenvalue weighted by atomic mass is 16.5. The molecule has 3 rings (SSSR count). The van der Waals surface area contributed by atoms with Crippen LogP contribution in [-0.2, 0) is 17.8 Å². The van der Waals surface area contributed by atoms with Gasteiger partial charge in [0.2, 0.25) is 17.6 Å². The minimum absolute atomic E-state index is 0.0108. The summed E-state index contributed by atoms with van der Waals surface area (Å²) in [7, 11) is 1.78. The molecule has 26 heavy (non-hydrogen) atoms. The van der Waals surface area contributed by atoms with Crippen molar-refractivity contribution in [1.82, 2.24) is 15.0 Å². The zero-order valence-electron chi connectivity index (χ0n) is 14.8. The fourth-order valence-electron chi connectivity index (χ4n) is 2.49. The summed E-state index contributed by atoms with van der Waals surface area (Å²) in [6.45, 7) is 3.11. The Balaban J connectivity index is 1.49. The molecule has 0 aliphatic carbocycles. The molecule has 0 aliphatic rings. The van der Waals surface area contributed by atoms with E-state index in [-0.39, 0.29) is 5.91 Å². The van der Waals surface area contributed by atoms with E-state index in [1.165, 1.54) is 0 Å². The van der Waals surface area contributed by atoms with E-state index in [9.17, 15) is 4.79 Å². The van der Waals surface area contributed by atoms with E-state index < -0.39 is 0 Å². The van der Waals surface area contributed by atoms with Crippen molar-refractivity contribution in [2.75, 3.05) is 13.7 Å². The lowest BCUT2D eigenvalue weighted by molar-refractivity contribution is -0.130. The van der Waals surface area contributed by atoms with Crippen LogP contribution in [0.3, 0.4) is 0 Å². The van der Waals surface area contributed by atoms with Crippen LogP contribution in [0.5, 0.6) is 5.75 Å². The van der Waals surface area contributed by atoms with Gasteiger partial charge in [-0.2, -0.15) is 4.98 Å². The number of benzene rings is 1. The predicted molar refractivity (Wildman–Crippen MR) is 94.4 cm³/mol. The number of nitrogens with zero attached hydrogens (tertiary/aromatic N) is 3. The molecule has 0 bridgehead atoms. The van der Waals surface area contributed by atoms with Crippen molar-refractivity contribution in [3.8, 4) is 17.3 Å². The maximum Gasteiger partial charge on any atom is 0.238 e. The van der Waals surface area contributed by atoms with Crippen LogP contribution in [0.25, 0.3) is 11.6 Å². The Kier molecular flexibility index (Phi) is 5.68. The van der Waals surface area contributed by atoms with Gasteiger partial charge in [0.15, 0.2) is 5.76 Å². The monoisotopic (exact) mass is 355 g/mol. The summed E-state index contributed by atoms with van der Waals surface area (Å²) >= 11 is 0. The third-order valence-corrected chi connectivity index (χ3v) is 3.84. The molecule has 2 heterocycles. The van der Waals surface area contributed by atoms with Gasteiger partial charge in [0, 0.05) is 26.4 Å². The smallest absolute Gasteiger partial charge is 0.238 e. The zero-order valence-corrected chi connectivity index (χ0v) is 14.8. The Hall–Kier alpha value is -3.09. The molecule has 0 saturated heterocycles. The van der Waals surface area contributed by atoms with Gasteiger partial charge in [-0.3, -0.25) is 4.79 Å². The molecule has 0 atom stereocenters. The molecule has 7 nitrogen and oxygen atoms in total. The van der Waals surface area contributed by atoms with Crippen molar-refractivity contribution >= 4 is 5.91 Å². The normalized spacial score (nSPS) is 10.7. The third-order valence-electron chi connectivity index (χ3n) is 3.84. The highest BCUT2D eigenvalue weighted by Crippen LogP contribution is 2.17. The van der Waals surface area contributed by atoms with Crippen LogP contribution >= 0.6 is 0 Å². The number of ether oxygens (including phenoxy) is 1. The summed E-state index contributed by atoms with van der Waals surface area (Å²) in [5.41, 5.74) is 1.04. The number of carbonyl (C=O) groups is 1. The first kappa shape index (κ1) is 17.7. The van der Waals surface area contributed by atoms with Gasteiger partial charge in [-0.15, -0.1) is 0 Å². The van der Waals surface area contributed by atoms with Crippen LogP contribution in [0.15, 0.2) is 51.6 Å². The van der Waals surface area contributed by atoms with Crippen LogP contribution in [-0.4, -0.2) is 34.6 Å². The third kappa shape index (κ3) is 4.50. The van der Waals surface area contributed by atoms with Crippen molar-refractivity contribution in [2.45, 2.75) is 26.3 Å². The van der Waals surface area contributed by atoms with Crippen LogP contribution in [0.2, 0.25) is 0 Å². The van der Waals surface area contributed by atoms with E-state index in [2.05, 4.69) is 10.1 Å². The lowest BCUT2D eigenvalue weighted by Crippen LogP contribution is -2.26. The SMILES string of the molecule is CCOc1ccc(CN(C)C(=O)CCc2nc(-c3ccco3)no2)cc1. The van der Waals surface area contributed by atoms with Crippen molar-refractivity contribution < 1.29 is 18.5 Å². The first-order valence-electron chi connectivity index (χ1n) is 8.48. The molecule has 0 spiro atoms. The van der Waals surface area contributed by atoms with Gasteiger partial charge in [0.25, 0.3) is 0 Å². The first-order chi connectivity index (χ1) is 12.7. The second-order valence-corrected chi connectivity index (χ2v) is 5.82. The molecule has 1 amide bonds. The molecule has 3 aromatic rings. The number of hydrogen-bond acceptors (Lipinski definition) is 6. The topological polar surface area (TPSA) is 81.6 Å².